The molecule has 0 saturated heterocycles. The first-order valence-electron chi connectivity index (χ1n) is 4.73. The van der Waals surface area contributed by atoms with E-state index in [1.807, 2.05) is 18.2 Å². The van der Waals surface area contributed by atoms with Crippen LogP contribution in [0, 0.1) is 5.92 Å². The van der Waals surface area contributed by atoms with Crippen molar-refractivity contribution in [3.63, 3.8) is 0 Å². The van der Waals surface area contributed by atoms with Crippen molar-refractivity contribution in [2.45, 2.75) is 19.9 Å². The van der Waals surface area contributed by atoms with Crippen molar-refractivity contribution in [3.8, 4) is 5.75 Å². The van der Waals surface area contributed by atoms with Crippen LogP contribution in [-0.2, 0) is 0 Å². The smallest absolute Gasteiger partial charge is 0.120 e. The molecule has 0 radical (unpaired) electrons. The van der Waals surface area contributed by atoms with Gasteiger partial charge in [0.05, 0.1) is 0 Å². The molecule has 2 N–H and O–H groups in total. The van der Waals surface area contributed by atoms with E-state index in [-0.39, 0.29) is 6.04 Å². The van der Waals surface area contributed by atoms with Crippen molar-refractivity contribution in [3.05, 3.63) is 29.3 Å². The van der Waals surface area contributed by atoms with Crippen molar-refractivity contribution < 1.29 is 4.74 Å². The molecule has 1 atom stereocenters. The SMILES string of the molecule is CC(C)[C@H](N)COc1cccc(Cl)c1. The Hall–Kier alpha value is -0.730. The monoisotopic (exact) mass is 213 g/mol. The topological polar surface area (TPSA) is 35.2 Å². The van der Waals surface area contributed by atoms with Crippen LogP contribution in [0.5, 0.6) is 5.75 Å². The van der Waals surface area contributed by atoms with Gasteiger partial charge in [-0.05, 0) is 24.1 Å². The Bertz CT molecular complexity index is 288. The van der Waals surface area contributed by atoms with E-state index in [2.05, 4.69) is 13.8 Å². The zero-order valence-corrected chi connectivity index (χ0v) is 9.29. The molecule has 0 unspecified atom stereocenters. The van der Waals surface area contributed by atoms with Crippen LogP contribution in [0.3, 0.4) is 0 Å². The average molecular weight is 214 g/mol. The number of hydrogen-bond acceptors (Lipinski definition) is 2. The first-order valence-corrected chi connectivity index (χ1v) is 5.11. The van der Waals surface area contributed by atoms with Gasteiger partial charge in [0.15, 0.2) is 0 Å². The van der Waals surface area contributed by atoms with Crippen LogP contribution in [0.4, 0.5) is 0 Å². The zero-order valence-electron chi connectivity index (χ0n) is 8.53. The highest BCUT2D eigenvalue weighted by molar-refractivity contribution is 6.30. The highest BCUT2D eigenvalue weighted by Crippen LogP contribution is 2.17. The van der Waals surface area contributed by atoms with Gasteiger partial charge in [0.25, 0.3) is 0 Å². The van der Waals surface area contributed by atoms with Gasteiger partial charge in [0.1, 0.15) is 12.4 Å². The van der Waals surface area contributed by atoms with E-state index in [0.717, 1.165) is 5.75 Å². The first-order chi connectivity index (χ1) is 6.59. The van der Waals surface area contributed by atoms with E-state index in [4.69, 9.17) is 22.1 Å². The lowest BCUT2D eigenvalue weighted by molar-refractivity contribution is 0.259. The van der Waals surface area contributed by atoms with Crippen LogP contribution in [0.2, 0.25) is 5.02 Å². The lowest BCUT2D eigenvalue weighted by Gasteiger charge is -2.16. The molecule has 0 aliphatic rings. The van der Waals surface area contributed by atoms with Crippen molar-refractivity contribution in [2.75, 3.05) is 6.61 Å². The standard InChI is InChI=1S/C11H16ClNO/c1-8(2)11(13)7-14-10-5-3-4-9(12)6-10/h3-6,8,11H,7,13H2,1-2H3/t11-/m1/s1. The normalized spacial score (nSPS) is 12.9. The average Bonchev–Trinajstić information content (AvgIpc) is 2.14. The predicted molar refractivity (Wildman–Crippen MR) is 59.8 cm³/mol. The summed E-state index contributed by atoms with van der Waals surface area (Å²) in [6.07, 6.45) is 0. The molecule has 0 saturated carbocycles. The molecular weight excluding hydrogens is 198 g/mol. The second-order valence-corrected chi connectivity index (χ2v) is 4.11. The summed E-state index contributed by atoms with van der Waals surface area (Å²) in [4.78, 5) is 0. The van der Waals surface area contributed by atoms with Crippen LogP contribution >= 0.6 is 11.6 Å². The second kappa shape index (κ2) is 5.23. The summed E-state index contributed by atoms with van der Waals surface area (Å²) in [6, 6.07) is 7.40. The number of nitrogens with two attached hydrogens (primary N) is 1. The fraction of sp³-hybridized carbons (Fsp3) is 0.455. The van der Waals surface area contributed by atoms with Gasteiger partial charge in [-0.15, -0.1) is 0 Å². The lowest BCUT2D eigenvalue weighted by Crippen LogP contribution is -2.32. The molecule has 0 heterocycles. The third kappa shape index (κ3) is 3.56. The number of hydrogen-bond donors (Lipinski definition) is 1. The van der Waals surface area contributed by atoms with E-state index >= 15 is 0 Å². The Labute approximate surface area is 90.0 Å². The molecule has 1 aromatic carbocycles. The summed E-state index contributed by atoms with van der Waals surface area (Å²) in [6.45, 7) is 4.68. The zero-order chi connectivity index (χ0) is 10.6. The quantitative estimate of drug-likeness (QED) is 0.835. The Morgan fingerprint density at radius 2 is 2.14 bits per heavy atom. The minimum absolute atomic E-state index is 0.0639. The second-order valence-electron chi connectivity index (χ2n) is 3.68. The summed E-state index contributed by atoms with van der Waals surface area (Å²) in [5.74, 6) is 1.20. The van der Waals surface area contributed by atoms with Gasteiger partial charge >= 0.3 is 0 Å². The minimum atomic E-state index is 0.0639. The first kappa shape index (κ1) is 11.3. The van der Waals surface area contributed by atoms with Crippen LogP contribution in [-0.4, -0.2) is 12.6 Å². The van der Waals surface area contributed by atoms with Gasteiger partial charge in [-0.2, -0.15) is 0 Å². The summed E-state index contributed by atoms with van der Waals surface area (Å²) < 4.78 is 5.50. The maximum absolute atomic E-state index is 5.84. The van der Waals surface area contributed by atoms with Crippen molar-refractivity contribution in [1.82, 2.24) is 0 Å². The summed E-state index contributed by atoms with van der Waals surface area (Å²) in [5.41, 5.74) is 5.84. The Kier molecular flexibility index (Phi) is 4.23. The lowest BCUT2D eigenvalue weighted by atomic mass is 10.1. The molecule has 78 valence electrons. The molecule has 0 spiro atoms. The van der Waals surface area contributed by atoms with Gasteiger partial charge in [0, 0.05) is 11.1 Å². The number of halogens is 1. The number of rotatable bonds is 4. The number of ether oxygens (including phenoxy) is 1. The Morgan fingerprint density at radius 3 is 2.71 bits per heavy atom. The third-order valence-electron chi connectivity index (χ3n) is 2.09. The van der Waals surface area contributed by atoms with Crippen LogP contribution in [0.15, 0.2) is 24.3 Å². The van der Waals surface area contributed by atoms with Gasteiger partial charge in [-0.1, -0.05) is 31.5 Å². The van der Waals surface area contributed by atoms with E-state index in [9.17, 15) is 0 Å². The van der Waals surface area contributed by atoms with Gasteiger partial charge < -0.3 is 10.5 Å². The molecule has 0 amide bonds. The van der Waals surface area contributed by atoms with E-state index in [1.165, 1.54) is 0 Å². The van der Waals surface area contributed by atoms with Crippen LogP contribution in [0.25, 0.3) is 0 Å². The molecule has 3 heteroatoms. The van der Waals surface area contributed by atoms with Gasteiger partial charge in [-0.25, -0.2) is 0 Å². The summed E-state index contributed by atoms with van der Waals surface area (Å²) in [5, 5.41) is 0.681. The maximum Gasteiger partial charge on any atom is 0.120 e. The summed E-state index contributed by atoms with van der Waals surface area (Å²) >= 11 is 5.81. The van der Waals surface area contributed by atoms with E-state index < -0.39 is 0 Å². The molecule has 14 heavy (non-hydrogen) atoms. The maximum atomic E-state index is 5.84. The van der Waals surface area contributed by atoms with Crippen molar-refractivity contribution >= 4 is 11.6 Å². The fourth-order valence-corrected chi connectivity index (χ4v) is 1.12. The minimum Gasteiger partial charge on any atom is -0.492 e. The van der Waals surface area contributed by atoms with Gasteiger partial charge in [-0.3, -0.25) is 0 Å². The molecule has 0 aliphatic heterocycles. The molecule has 0 aromatic heterocycles. The third-order valence-corrected chi connectivity index (χ3v) is 2.33. The highest BCUT2D eigenvalue weighted by Gasteiger charge is 2.07. The molecule has 1 aromatic rings. The Balaban J connectivity index is 2.45. The Morgan fingerprint density at radius 1 is 1.43 bits per heavy atom. The molecule has 0 aliphatic carbocycles. The fourth-order valence-electron chi connectivity index (χ4n) is 0.942. The van der Waals surface area contributed by atoms with Crippen molar-refractivity contribution in [2.24, 2.45) is 11.7 Å². The number of benzene rings is 1. The van der Waals surface area contributed by atoms with Gasteiger partial charge in [0.2, 0.25) is 0 Å². The molecule has 2 nitrogen and oxygen atoms in total. The van der Waals surface area contributed by atoms with Crippen LogP contribution in [0.1, 0.15) is 13.8 Å². The van der Waals surface area contributed by atoms with E-state index in [0.29, 0.717) is 17.5 Å². The molecule has 0 bridgehead atoms. The summed E-state index contributed by atoms with van der Waals surface area (Å²) in [7, 11) is 0. The highest BCUT2D eigenvalue weighted by atomic mass is 35.5. The molecular formula is C11H16ClNO. The molecule has 1 rings (SSSR count). The largest absolute Gasteiger partial charge is 0.492 e. The predicted octanol–water partition coefficient (Wildman–Crippen LogP) is 2.70. The van der Waals surface area contributed by atoms with Crippen molar-refractivity contribution in [1.29, 1.82) is 0 Å². The molecule has 0 fully saturated rings. The van der Waals surface area contributed by atoms with Crippen LogP contribution < -0.4 is 10.5 Å². The van der Waals surface area contributed by atoms with E-state index in [1.54, 1.807) is 6.07 Å².